The molecule has 0 N–H and O–H groups in total. The molecule has 158 valence electrons. The molecule has 1 saturated heterocycles. The lowest BCUT2D eigenvalue weighted by molar-refractivity contribution is -0.137. The summed E-state index contributed by atoms with van der Waals surface area (Å²) in [5, 5.41) is 8.33. The molecule has 1 aliphatic rings. The standard InChI is InChI=1S/C22H22F4N4/c23-20-4-2-1-3-16(20)9-12-29-13-10-17(11-14-29)21-15-30(28-27-21)19-7-5-18(6-8-19)22(24,25)26/h1-8,15,17H,9-14H2. The minimum absolute atomic E-state index is 0.160. The van der Waals surface area contributed by atoms with Crippen LogP contribution < -0.4 is 0 Å². The fourth-order valence-corrected chi connectivity index (χ4v) is 3.83. The van der Waals surface area contributed by atoms with Crippen LogP contribution in [0.5, 0.6) is 0 Å². The minimum Gasteiger partial charge on any atom is -0.303 e. The lowest BCUT2D eigenvalue weighted by Gasteiger charge is -2.31. The minimum atomic E-state index is -4.35. The van der Waals surface area contributed by atoms with Crippen molar-refractivity contribution in [3.05, 3.63) is 77.4 Å². The Hall–Kier alpha value is -2.74. The molecule has 0 bridgehead atoms. The number of likely N-dealkylation sites (tertiary alicyclic amines) is 1. The molecular weight excluding hydrogens is 396 g/mol. The van der Waals surface area contributed by atoms with Crippen molar-refractivity contribution in [2.45, 2.75) is 31.4 Å². The summed E-state index contributed by atoms with van der Waals surface area (Å²) in [5.41, 5.74) is 1.45. The summed E-state index contributed by atoms with van der Waals surface area (Å²) in [6, 6.07) is 11.7. The highest BCUT2D eigenvalue weighted by Crippen LogP contribution is 2.30. The third kappa shape index (κ3) is 4.70. The molecule has 8 heteroatoms. The predicted octanol–water partition coefficient (Wildman–Crippen LogP) is 4.85. The first kappa shape index (κ1) is 20.5. The van der Waals surface area contributed by atoms with Gasteiger partial charge in [-0.2, -0.15) is 13.2 Å². The Morgan fingerprint density at radius 2 is 1.67 bits per heavy atom. The number of aromatic nitrogens is 3. The Morgan fingerprint density at radius 1 is 0.967 bits per heavy atom. The number of hydrogen-bond donors (Lipinski definition) is 0. The second kappa shape index (κ2) is 8.55. The summed E-state index contributed by atoms with van der Waals surface area (Å²) in [6.07, 6.45) is -0.0397. The molecule has 0 atom stereocenters. The Kier molecular flexibility index (Phi) is 5.85. The van der Waals surface area contributed by atoms with E-state index in [1.54, 1.807) is 12.3 Å². The molecule has 0 aliphatic carbocycles. The predicted molar refractivity (Wildman–Crippen MR) is 105 cm³/mol. The fraction of sp³-hybridized carbons (Fsp3) is 0.364. The zero-order valence-electron chi connectivity index (χ0n) is 16.3. The molecule has 2 aromatic carbocycles. The van der Waals surface area contributed by atoms with Crippen LogP contribution in [-0.4, -0.2) is 39.5 Å². The first-order chi connectivity index (χ1) is 14.4. The molecule has 1 fully saturated rings. The summed E-state index contributed by atoms with van der Waals surface area (Å²) in [5.74, 6) is 0.102. The fourth-order valence-electron chi connectivity index (χ4n) is 3.83. The maximum absolute atomic E-state index is 13.8. The van der Waals surface area contributed by atoms with E-state index in [-0.39, 0.29) is 11.7 Å². The molecule has 0 spiro atoms. The molecule has 2 heterocycles. The maximum Gasteiger partial charge on any atom is 0.416 e. The summed E-state index contributed by atoms with van der Waals surface area (Å²) in [6.45, 7) is 2.60. The molecule has 4 rings (SSSR count). The normalized spacial score (nSPS) is 16.1. The van der Waals surface area contributed by atoms with Crippen LogP contribution in [0.1, 0.15) is 35.6 Å². The van der Waals surface area contributed by atoms with Gasteiger partial charge in [-0.1, -0.05) is 23.4 Å². The van der Waals surface area contributed by atoms with Gasteiger partial charge in [0.15, 0.2) is 0 Å². The van der Waals surface area contributed by atoms with Crippen LogP contribution in [0.4, 0.5) is 17.6 Å². The van der Waals surface area contributed by atoms with Crippen LogP contribution >= 0.6 is 0 Å². The van der Waals surface area contributed by atoms with Crippen LogP contribution in [-0.2, 0) is 12.6 Å². The summed E-state index contributed by atoms with van der Waals surface area (Å²) < 4.78 is 53.4. The largest absolute Gasteiger partial charge is 0.416 e. The van der Waals surface area contributed by atoms with Crippen LogP contribution in [0.25, 0.3) is 5.69 Å². The van der Waals surface area contributed by atoms with Gasteiger partial charge in [-0.25, -0.2) is 9.07 Å². The SMILES string of the molecule is Fc1ccccc1CCN1CCC(c2cn(-c3ccc(C(F)(F)F)cc3)nn2)CC1. The number of nitrogens with zero attached hydrogens (tertiary/aromatic N) is 4. The Bertz CT molecular complexity index is 973. The first-order valence-electron chi connectivity index (χ1n) is 9.96. The third-order valence-electron chi connectivity index (χ3n) is 5.63. The zero-order valence-corrected chi connectivity index (χ0v) is 16.3. The lowest BCUT2D eigenvalue weighted by atomic mass is 9.94. The Morgan fingerprint density at radius 3 is 2.33 bits per heavy atom. The van der Waals surface area contributed by atoms with Gasteiger partial charge < -0.3 is 4.90 Å². The molecule has 30 heavy (non-hydrogen) atoms. The number of alkyl halides is 3. The van der Waals surface area contributed by atoms with E-state index in [9.17, 15) is 17.6 Å². The number of piperidine rings is 1. The van der Waals surface area contributed by atoms with E-state index in [0.717, 1.165) is 55.9 Å². The van der Waals surface area contributed by atoms with Crippen molar-refractivity contribution in [1.82, 2.24) is 19.9 Å². The van der Waals surface area contributed by atoms with E-state index in [1.165, 1.54) is 22.9 Å². The number of benzene rings is 2. The van der Waals surface area contributed by atoms with Crippen LogP contribution in [0, 0.1) is 5.82 Å². The van der Waals surface area contributed by atoms with Crippen molar-refractivity contribution in [2.24, 2.45) is 0 Å². The van der Waals surface area contributed by atoms with Gasteiger partial charge in [-0.15, -0.1) is 5.10 Å². The molecule has 0 amide bonds. The van der Waals surface area contributed by atoms with Crippen molar-refractivity contribution >= 4 is 0 Å². The van der Waals surface area contributed by atoms with Gasteiger partial charge in [0.05, 0.1) is 23.1 Å². The number of hydrogen-bond acceptors (Lipinski definition) is 3. The molecule has 1 aromatic heterocycles. The number of rotatable bonds is 5. The van der Waals surface area contributed by atoms with Crippen molar-refractivity contribution in [1.29, 1.82) is 0 Å². The van der Waals surface area contributed by atoms with E-state index < -0.39 is 11.7 Å². The van der Waals surface area contributed by atoms with Crippen molar-refractivity contribution in [3.8, 4) is 5.69 Å². The first-order valence-corrected chi connectivity index (χ1v) is 9.96. The van der Waals surface area contributed by atoms with Gasteiger partial charge in [0.2, 0.25) is 0 Å². The van der Waals surface area contributed by atoms with Gasteiger partial charge >= 0.3 is 6.18 Å². The second-order valence-corrected chi connectivity index (χ2v) is 7.59. The monoisotopic (exact) mass is 418 g/mol. The molecule has 0 radical (unpaired) electrons. The number of halogens is 4. The summed E-state index contributed by atoms with van der Waals surface area (Å²) >= 11 is 0. The van der Waals surface area contributed by atoms with E-state index in [4.69, 9.17) is 0 Å². The highest BCUT2D eigenvalue weighted by atomic mass is 19.4. The highest BCUT2D eigenvalue weighted by Gasteiger charge is 2.30. The van der Waals surface area contributed by atoms with Gasteiger partial charge in [0.1, 0.15) is 5.82 Å². The summed E-state index contributed by atoms with van der Waals surface area (Å²) in [4.78, 5) is 2.32. The molecule has 0 unspecified atom stereocenters. The van der Waals surface area contributed by atoms with Crippen LogP contribution in [0.3, 0.4) is 0 Å². The van der Waals surface area contributed by atoms with Crippen molar-refractivity contribution < 1.29 is 17.6 Å². The zero-order chi connectivity index (χ0) is 21.1. The van der Waals surface area contributed by atoms with Gasteiger partial charge in [0.25, 0.3) is 0 Å². The van der Waals surface area contributed by atoms with E-state index in [1.807, 2.05) is 12.1 Å². The van der Waals surface area contributed by atoms with Gasteiger partial charge in [-0.3, -0.25) is 0 Å². The smallest absolute Gasteiger partial charge is 0.303 e. The molecule has 4 nitrogen and oxygen atoms in total. The van der Waals surface area contributed by atoms with Crippen LogP contribution in [0.15, 0.2) is 54.7 Å². The Labute approximate surface area is 172 Å². The van der Waals surface area contributed by atoms with E-state index in [0.29, 0.717) is 12.1 Å². The van der Waals surface area contributed by atoms with Crippen molar-refractivity contribution in [3.63, 3.8) is 0 Å². The van der Waals surface area contributed by atoms with Gasteiger partial charge in [0, 0.05) is 12.5 Å². The molecule has 1 aliphatic heterocycles. The second-order valence-electron chi connectivity index (χ2n) is 7.59. The van der Waals surface area contributed by atoms with Crippen molar-refractivity contribution in [2.75, 3.05) is 19.6 Å². The summed E-state index contributed by atoms with van der Waals surface area (Å²) in [7, 11) is 0. The average Bonchev–Trinajstić information content (AvgIpc) is 3.23. The topological polar surface area (TPSA) is 34.0 Å². The van der Waals surface area contributed by atoms with E-state index >= 15 is 0 Å². The lowest BCUT2D eigenvalue weighted by Crippen LogP contribution is -2.34. The highest BCUT2D eigenvalue weighted by molar-refractivity contribution is 5.35. The quantitative estimate of drug-likeness (QED) is 0.556. The maximum atomic E-state index is 13.8. The molecule has 3 aromatic rings. The van der Waals surface area contributed by atoms with E-state index in [2.05, 4.69) is 15.2 Å². The van der Waals surface area contributed by atoms with Gasteiger partial charge in [-0.05, 0) is 68.2 Å². The third-order valence-corrected chi connectivity index (χ3v) is 5.63. The Balaban J connectivity index is 1.32. The molecular formula is C22H22F4N4. The molecule has 0 saturated carbocycles. The van der Waals surface area contributed by atoms with Crippen LogP contribution in [0.2, 0.25) is 0 Å². The average molecular weight is 418 g/mol.